The van der Waals surface area contributed by atoms with E-state index in [0.29, 0.717) is 5.00 Å². The minimum atomic E-state index is -4.48. The van der Waals surface area contributed by atoms with Crippen LogP contribution in [0.1, 0.15) is 33.6 Å². The van der Waals surface area contributed by atoms with E-state index in [1.165, 1.54) is 12.1 Å². The van der Waals surface area contributed by atoms with E-state index in [0.717, 1.165) is 58.5 Å². The minimum Gasteiger partial charge on any atom is -0.491 e. The summed E-state index contributed by atoms with van der Waals surface area (Å²) < 4.78 is 48.4. The van der Waals surface area contributed by atoms with Crippen molar-refractivity contribution in [2.75, 3.05) is 45.7 Å². The number of amides is 1. The number of nitrogens with zero attached hydrogens (tertiary/aromatic N) is 5. The molecule has 0 fully saturated rings. The van der Waals surface area contributed by atoms with E-state index in [1.54, 1.807) is 31.6 Å². The van der Waals surface area contributed by atoms with Crippen LogP contribution in [0, 0.1) is 0 Å². The predicted molar refractivity (Wildman–Crippen MR) is 168 cm³/mol. The number of anilines is 1. The molecule has 0 aliphatic carbocycles. The molecule has 1 unspecified atom stereocenters. The van der Waals surface area contributed by atoms with E-state index >= 15 is 0 Å². The monoisotopic (exact) mass is 622 g/mol. The first-order valence-corrected chi connectivity index (χ1v) is 14.8. The van der Waals surface area contributed by atoms with Crippen molar-refractivity contribution in [3.05, 3.63) is 89.2 Å². The Morgan fingerprint density at radius 1 is 1.02 bits per heavy atom. The summed E-state index contributed by atoms with van der Waals surface area (Å²) in [5.41, 5.74) is 8.60. The summed E-state index contributed by atoms with van der Waals surface area (Å²) in [4.78, 5) is 25.8. The molecule has 12 heteroatoms. The highest BCUT2D eigenvalue weighted by Gasteiger charge is 2.34. The van der Waals surface area contributed by atoms with Gasteiger partial charge in [-0.25, -0.2) is 9.97 Å². The molecule has 1 atom stereocenters. The third kappa shape index (κ3) is 6.71. The second-order valence-corrected chi connectivity index (χ2v) is 11.9. The molecule has 3 aromatic heterocycles. The molecule has 2 aromatic carbocycles. The molecule has 5 rings (SSSR count). The van der Waals surface area contributed by atoms with Gasteiger partial charge >= 0.3 is 6.18 Å². The van der Waals surface area contributed by atoms with Crippen LogP contribution in [0.15, 0.2) is 73.2 Å². The van der Waals surface area contributed by atoms with Gasteiger partial charge in [0.2, 0.25) is 0 Å². The Balaban J connectivity index is 1.38. The lowest BCUT2D eigenvalue weighted by Gasteiger charge is -2.21. The highest BCUT2D eigenvalue weighted by Crippen LogP contribution is 2.37. The summed E-state index contributed by atoms with van der Waals surface area (Å²) in [6.45, 7) is 3.32. The number of alkyl halides is 3. The lowest BCUT2D eigenvalue weighted by molar-refractivity contribution is -0.138. The SMILES string of the molecule is CC(COc1cc(-n2cnc3cc(-c4ccnc(N(C)CCN(C)C)c4)ccc32)sc1C(N)=O)c1ccccc1C(F)(F)F. The van der Waals surface area contributed by atoms with Crippen LogP contribution in [0.3, 0.4) is 0 Å². The number of likely N-dealkylation sites (N-methyl/N-ethyl adjacent to an activating group) is 2. The molecule has 44 heavy (non-hydrogen) atoms. The van der Waals surface area contributed by atoms with Crippen LogP contribution >= 0.6 is 11.3 Å². The topological polar surface area (TPSA) is 89.5 Å². The van der Waals surface area contributed by atoms with Crippen LogP contribution < -0.4 is 15.4 Å². The van der Waals surface area contributed by atoms with Crippen LogP contribution in [-0.2, 0) is 6.18 Å². The molecule has 3 heterocycles. The second-order valence-electron chi connectivity index (χ2n) is 10.9. The van der Waals surface area contributed by atoms with E-state index in [4.69, 9.17) is 10.5 Å². The van der Waals surface area contributed by atoms with Gasteiger partial charge < -0.3 is 20.3 Å². The normalized spacial score (nSPS) is 12.5. The Morgan fingerprint density at radius 3 is 2.50 bits per heavy atom. The molecule has 5 aromatic rings. The molecule has 0 saturated carbocycles. The average Bonchev–Trinajstić information content (AvgIpc) is 3.62. The minimum absolute atomic E-state index is 0.0736. The highest BCUT2D eigenvalue weighted by atomic mass is 32.1. The van der Waals surface area contributed by atoms with Gasteiger partial charge in [-0.2, -0.15) is 13.2 Å². The van der Waals surface area contributed by atoms with E-state index in [-0.39, 0.29) is 22.8 Å². The van der Waals surface area contributed by atoms with Crippen molar-refractivity contribution in [2.45, 2.75) is 19.0 Å². The van der Waals surface area contributed by atoms with Crippen molar-refractivity contribution in [1.82, 2.24) is 19.4 Å². The van der Waals surface area contributed by atoms with Crippen molar-refractivity contribution in [2.24, 2.45) is 5.73 Å². The van der Waals surface area contributed by atoms with Crippen LogP contribution in [-0.4, -0.2) is 66.2 Å². The molecule has 0 radical (unpaired) electrons. The smallest absolute Gasteiger partial charge is 0.416 e. The third-order valence-electron chi connectivity index (χ3n) is 7.33. The van der Waals surface area contributed by atoms with Gasteiger partial charge in [0.25, 0.3) is 5.91 Å². The lowest BCUT2D eigenvalue weighted by Crippen LogP contribution is -2.28. The zero-order valence-electron chi connectivity index (χ0n) is 24.8. The van der Waals surface area contributed by atoms with Gasteiger partial charge in [-0.1, -0.05) is 31.2 Å². The largest absolute Gasteiger partial charge is 0.491 e. The Kier molecular flexibility index (Phi) is 8.93. The van der Waals surface area contributed by atoms with E-state index in [2.05, 4.69) is 19.8 Å². The number of imidazole rings is 1. The number of carbonyl (C=O) groups is 1. The van der Waals surface area contributed by atoms with Crippen LogP contribution in [0.2, 0.25) is 0 Å². The molecule has 2 N–H and O–H groups in total. The standard InChI is InChI=1S/C32H33F3N6O2S/c1-20(23-7-5-6-8-24(23)32(33,34)35)18-43-27-17-29(44-30(27)31(36)42)41-19-38-25-15-21(9-10-26(25)41)22-11-12-37-28(16-22)40(4)14-13-39(2)3/h5-12,15-17,19-20H,13-14,18H2,1-4H3,(H2,36,42). The zero-order chi connectivity index (χ0) is 31.6. The van der Waals surface area contributed by atoms with Crippen molar-refractivity contribution in [3.8, 4) is 21.9 Å². The molecule has 230 valence electrons. The van der Waals surface area contributed by atoms with Crippen LogP contribution in [0.4, 0.5) is 19.0 Å². The molecule has 1 amide bonds. The molecule has 0 bridgehead atoms. The van der Waals surface area contributed by atoms with Gasteiger partial charge in [0, 0.05) is 38.3 Å². The Labute approximate surface area is 257 Å². The zero-order valence-corrected chi connectivity index (χ0v) is 25.6. The number of ether oxygens (including phenoxy) is 1. The number of hydrogen-bond acceptors (Lipinski definition) is 7. The molecular formula is C32H33F3N6O2S. The van der Waals surface area contributed by atoms with Crippen LogP contribution in [0.5, 0.6) is 5.75 Å². The van der Waals surface area contributed by atoms with Gasteiger partial charge in [-0.15, -0.1) is 11.3 Å². The van der Waals surface area contributed by atoms with Crippen molar-refractivity contribution < 1.29 is 22.7 Å². The Bertz CT molecular complexity index is 1780. The van der Waals surface area contributed by atoms with Gasteiger partial charge in [-0.3, -0.25) is 9.36 Å². The van der Waals surface area contributed by atoms with Crippen LogP contribution in [0.25, 0.3) is 27.2 Å². The summed E-state index contributed by atoms with van der Waals surface area (Å²) in [6, 6.07) is 17.0. The number of carbonyl (C=O) groups excluding carboxylic acids is 1. The first-order valence-electron chi connectivity index (χ1n) is 13.9. The fourth-order valence-electron chi connectivity index (χ4n) is 4.89. The van der Waals surface area contributed by atoms with Crippen molar-refractivity contribution >= 4 is 34.1 Å². The molecular weight excluding hydrogens is 589 g/mol. The fraction of sp³-hybridized carbons (Fsp3) is 0.281. The number of nitrogens with two attached hydrogens (primary N) is 1. The number of primary amides is 1. The summed E-state index contributed by atoms with van der Waals surface area (Å²) in [7, 11) is 6.09. The van der Waals surface area contributed by atoms with E-state index in [1.807, 2.05) is 56.0 Å². The summed E-state index contributed by atoms with van der Waals surface area (Å²) >= 11 is 1.13. The van der Waals surface area contributed by atoms with E-state index in [9.17, 15) is 18.0 Å². The molecule has 0 aliphatic rings. The molecule has 8 nitrogen and oxygen atoms in total. The lowest BCUT2D eigenvalue weighted by atomic mass is 9.96. The van der Waals surface area contributed by atoms with Crippen molar-refractivity contribution in [3.63, 3.8) is 0 Å². The third-order valence-corrected chi connectivity index (χ3v) is 8.46. The summed E-state index contributed by atoms with van der Waals surface area (Å²) in [5.74, 6) is -0.187. The predicted octanol–water partition coefficient (Wildman–Crippen LogP) is 6.45. The maximum Gasteiger partial charge on any atom is 0.416 e. The quantitative estimate of drug-likeness (QED) is 0.182. The van der Waals surface area contributed by atoms with Crippen molar-refractivity contribution in [1.29, 1.82) is 0 Å². The summed E-state index contributed by atoms with van der Waals surface area (Å²) in [5, 5.41) is 0.640. The number of fused-ring (bicyclic) bond motifs is 1. The number of benzene rings is 2. The van der Waals surface area contributed by atoms with Gasteiger partial charge in [-0.05, 0) is 61.1 Å². The van der Waals surface area contributed by atoms with Gasteiger partial charge in [0.1, 0.15) is 27.8 Å². The number of hydrogen-bond donors (Lipinski definition) is 1. The summed E-state index contributed by atoms with van der Waals surface area (Å²) in [6.07, 6.45) is -1.03. The Morgan fingerprint density at radius 2 is 1.77 bits per heavy atom. The molecule has 0 aliphatic heterocycles. The number of rotatable bonds is 11. The fourth-order valence-corrected chi connectivity index (χ4v) is 5.83. The number of aromatic nitrogens is 3. The van der Waals surface area contributed by atoms with Gasteiger partial charge in [0.15, 0.2) is 0 Å². The number of pyridine rings is 1. The van der Waals surface area contributed by atoms with E-state index < -0.39 is 23.6 Å². The first kappa shape index (κ1) is 31.0. The number of halogens is 3. The molecule has 0 spiro atoms. The maximum atomic E-state index is 13.5. The Hall–Kier alpha value is -4.42. The average molecular weight is 623 g/mol. The number of thiophene rings is 1. The maximum absolute atomic E-state index is 13.5. The van der Waals surface area contributed by atoms with Gasteiger partial charge in [0.05, 0.1) is 23.2 Å². The highest BCUT2D eigenvalue weighted by molar-refractivity contribution is 7.16. The second kappa shape index (κ2) is 12.7. The first-order chi connectivity index (χ1) is 20.9. The molecule has 0 saturated heterocycles.